The maximum absolute atomic E-state index is 12.1. The van der Waals surface area contributed by atoms with E-state index in [4.69, 9.17) is 22.4 Å². The van der Waals surface area contributed by atoms with Gasteiger partial charge in [0.1, 0.15) is 6.04 Å². The minimum Gasteiger partial charge on any atom is -0.480 e. The summed E-state index contributed by atoms with van der Waals surface area (Å²) in [4.78, 5) is 21.6. The van der Waals surface area contributed by atoms with Crippen LogP contribution in [0.5, 0.6) is 0 Å². The van der Waals surface area contributed by atoms with Crippen LogP contribution in [-0.2, 0) is 19.6 Å². The summed E-state index contributed by atoms with van der Waals surface area (Å²) in [7, 11) is -4.09. The van der Waals surface area contributed by atoms with Crippen LogP contribution in [0, 0.1) is 6.92 Å². The number of primary amides is 1. The Morgan fingerprint density at radius 2 is 2.05 bits per heavy atom. The van der Waals surface area contributed by atoms with Crippen LogP contribution >= 0.6 is 11.6 Å². The first-order chi connectivity index (χ1) is 9.13. The maximum Gasteiger partial charge on any atom is 0.322 e. The topological polar surface area (TPSA) is 127 Å². The van der Waals surface area contributed by atoms with E-state index in [0.717, 1.165) is 0 Å². The number of carbonyl (C=O) groups excluding carboxylic acids is 1. The third-order valence-corrected chi connectivity index (χ3v) is 4.29. The maximum atomic E-state index is 12.1. The number of sulfonamides is 1. The number of carboxylic acid groups (broad SMARTS) is 1. The monoisotopic (exact) mass is 320 g/mol. The van der Waals surface area contributed by atoms with Crippen molar-refractivity contribution >= 4 is 33.5 Å². The van der Waals surface area contributed by atoms with E-state index in [1.165, 1.54) is 25.1 Å². The third-order valence-electron chi connectivity index (χ3n) is 2.43. The van der Waals surface area contributed by atoms with Crippen LogP contribution in [0.2, 0.25) is 5.02 Å². The zero-order chi connectivity index (χ0) is 15.5. The van der Waals surface area contributed by atoms with E-state index >= 15 is 0 Å². The molecule has 4 N–H and O–H groups in total. The molecule has 0 saturated heterocycles. The van der Waals surface area contributed by atoms with Crippen molar-refractivity contribution in [1.82, 2.24) is 4.72 Å². The van der Waals surface area contributed by atoms with E-state index in [1.807, 2.05) is 4.72 Å². The molecule has 1 atom stereocenters. The van der Waals surface area contributed by atoms with Gasteiger partial charge >= 0.3 is 5.97 Å². The second-order valence-electron chi connectivity index (χ2n) is 4.09. The lowest BCUT2D eigenvalue weighted by atomic mass is 10.2. The van der Waals surface area contributed by atoms with Crippen LogP contribution < -0.4 is 10.5 Å². The highest BCUT2D eigenvalue weighted by atomic mass is 35.5. The van der Waals surface area contributed by atoms with Gasteiger partial charge in [-0.25, -0.2) is 8.42 Å². The van der Waals surface area contributed by atoms with Crippen LogP contribution in [0.4, 0.5) is 0 Å². The molecule has 20 heavy (non-hydrogen) atoms. The summed E-state index contributed by atoms with van der Waals surface area (Å²) in [6.07, 6.45) is -0.638. The molecule has 1 amide bonds. The minimum atomic E-state index is -4.09. The van der Waals surface area contributed by atoms with Gasteiger partial charge in [0.25, 0.3) is 0 Å². The fraction of sp³-hybridized carbons (Fsp3) is 0.273. The summed E-state index contributed by atoms with van der Waals surface area (Å²) in [5.41, 5.74) is 5.24. The Morgan fingerprint density at radius 3 is 2.50 bits per heavy atom. The molecule has 1 aromatic carbocycles. The average molecular weight is 321 g/mol. The Bertz CT molecular complexity index is 644. The Kier molecular flexibility index (Phi) is 5.09. The Hall–Kier alpha value is -1.64. The van der Waals surface area contributed by atoms with Gasteiger partial charge in [-0.1, -0.05) is 11.6 Å². The standard InChI is InChI=1S/C11H13ClN2O5S/c1-6-4-7(12)2-3-9(6)20(18,19)14-8(11(16)17)5-10(13)15/h2-4,8,14H,5H2,1H3,(H2,13,15)(H,16,17)/t8-/m1/s1. The number of halogens is 1. The highest BCUT2D eigenvalue weighted by molar-refractivity contribution is 7.89. The van der Waals surface area contributed by atoms with Gasteiger partial charge in [0.05, 0.1) is 11.3 Å². The molecule has 1 aromatic rings. The zero-order valence-electron chi connectivity index (χ0n) is 10.5. The van der Waals surface area contributed by atoms with E-state index in [9.17, 15) is 18.0 Å². The van der Waals surface area contributed by atoms with Gasteiger partial charge in [0, 0.05) is 5.02 Å². The summed E-state index contributed by atoms with van der Waals surface area (Å²) in [5.74, 6) is -2.41. The van der Waals surface area contributed by atoms with E-state index in [2.05, 4.69) is 0 Å². The average Bonchev–Trinajstić information content (AvgIpc) is 2.26. The second kappa shape index (κ2) is 6.21. The Balaban J connectivity index is 3.09. The smallest absolute Gasteiger partial charge is 0.322 e. The lowest BCUT2D eigenvalue weighted by Crippen LogP contribution is -2.43. The molecule has 0 saturated carbocycles. The van der Waals surface area contributed by atoms with Gasteiger partial charge in [0.2, 0.25) is 15.9 Å². The Labute approximate surface area is 120 Å². The van der Waals surface area contributed by atoms with Crippen molar-refractivity contribution in [2.24, 2.45) is 5.73 Å². The fourth-order valence-corrected chi connectivity index (χ4v) is 3.19. The second-order valence-corrected chi connectivity index (χ2v) is 6.21. The summed E-state index contributed by atoms with van der Waals surface area (Å²) in [6.45, 7) is 1.52. The number of rotatable bonds is 6. The van der Waals surface area contributed by atoms with E-state index in [0.29, 0.717) is 10.6 Å². The number of aryl methyl sites for hydroxylation is 1. The summed E-state index contributed by atoms with van der Waals surface area (Å²) < 4.78 is 26.1. The predicted octanol–water partition coefficient (Wildman–Crippen LogP) is 0.255. The first-order valence-corrected chi connectivity index (χ1v) is 7.29. The van der Waals surface area contributed by atoms with Crippen molar-refractivity contribution in [3.05, 3.63) is 28.8 Å². The van der Waals surface area contributed by atoms with Crippen LogP contribution in [-0.4, -0.2) is 31.4 Å². The van der Waals surface area contributed by atoms with E-state index in [1.54, 1.807) is 0 Å². The van der Waals surface area contributed by atoms with Crippen molar-refractivity contribution in [3.63, 3.8) is 0 Å². The van der Waals surface area contributed by atoms with Gasteiger partial charge in [-0.05, 0) is 30.7 Å². The first kappa shape index (κ1) is 16.4. The van der Waals surface area contributed by atoms with Crippen LogP contribution in [0.25, 0.3) is 0 Å². The molecule has 0 aromatic heterocycles. The molecular weight excluding hydrogens is 308 g/mol. The number of benzene rings is 1. The number of hydrogen-bond acceptors (Lipinski definition) is 4. The van der Waals surface area contributed by atoms with Crippen LogP contribution in [0.15, 0.2) is 23.1 Å². The number of carboxylic acids is 1. The number of nitrogens with one attached hydrogen (secondary N) is 1. The highest BCUT2D eigenvalue weighted by Gasteiger charge is 2.27. The molecule has 0 aliphatic rings. The summed E-state index contributed by atoms with van der Waals surface area (Å²) in [6, 6.07) is 2.43. The third kappa shape index (κ3) is 4.19. The van der Waals surface area contributed by atoms with Gasteiger partial charge < -0.3 is 10.8 Å². The van der Waals surface area contributed by atoms with E-state index < -0.39 is 34.4 Å². The number of hydrogen-bond donors (Lipinski definition) is 3. The zero-order valence-corrected chi connectivity index (χ0v) is 12.0. The molecule has 0 unspecified atom stereocenters. The molecule has 0 radical (unpaired) electrons. The SMILES string of the molecule is Cc1cc(Cl)ccc1S(=O)(=O)N[C@H](CC(N)=O)C(=O)O. The molecule has 1 rings (SSSR count). The molecule has 0 heterocycles. The van der Waals surface area contributed by atoms with Crippen LogP contribution in [0.3, 0.4) is 0 Å². The van der Waals surface area contributed by atoms with E-state index in [-0.39, 0.29) is 4.90 Å². The van der Waals surface area contributed by atoms with Crippen molar-refractivity contribution < 1.29 is 23.1 Å². The molecular formula is C11H13ClN2O5S. The van der Waals surface area contributed by atoms with Gasteiger partial charge in [0.15, 0.2) is 0 Å². The number of nitrogens with two attached hydrogens (primary N) is 1. The molecule has 0 aliphatic carbocycles. The van der Waals surface area contributed by atoms with Gasteiger partial charge in [-0.15, -0.1) is 0 Å². The largest absolute Gasteiger partial charge is 0.480 e. The van der Waals surface area contributed by atoms with Gasteiger partial charge in [-0.2, -0.15) is 4.72 Å². The highest BCUT2D eigenvalue weighted by Crippen LogP contribution is 2.20. The molecule has 0 fully saturated rings. The van der Waals surface area contributed by atoms with Crippen molar-refractivity contribution in [3.8, 4) is 0 Å². The molecule has 0 bridgehead atoms. The lowest BCUT2D eigenvalue weighted by Gasteiger charge is -2.14. The van der Waals surface area contributed by atoms with Crippen LogP contribution in [0.1, 0.15) is 12.0 Å². The quantitative estimate of drug-likeness (QED) is 0.692. The first-order valence-electron chi connectivity index (χ1n) is 5.43. The molecule has 0 spiro atoms. The molecule has 110 valence electrons. The van der Waals surface area contributed by atoms with Crippen molar-refractivity contribution in [2.45, 2.75) is 24.3 Å². The molecule has 9 heteroatoms. The fourth-order valence-electron chi connectivity index (χ4n) is 1.55. The summed E-state index contributed by atoms with van der Waals surface area (Å²) in [5, 5.41) is 9.24. The van der Waals surface area contributed by atoms with Crippen molar-refractivity contribution in [2.75, 3.05) is 0 Å². The Morgan fingerprint density at radius 1 is 1.45 bits per heavy atom. The lowest BCUT2D eigenvalue weighted by molar-refractivity contribution is -0.140. The number of amides is 1. The summed E-state index contributed by atoms with van der Waals surface area (Å²) >= 11 is 5.72. The number of aliphatic carboxylic acids is 1. The van der Waals surface area contributed by atoms with Gasteiger partial charge in [-0.3, -0.25) is 9.59 Å². The predicted molar refractivity (Wildman–Crippen MR) is 71.7 cm³/mol. The normalized spacial score (nSPS) is 12.9. The minimum absolute atomic E-state index is 0.113. The molecule has 7 nitrogen and oxygen atoms in total. The van der Waals surface area contributed by atoms with Crippen molar-refractivity contribution in [1.29, 1.82) is 0 Å². The number of carbonyl (C=O) groups is 2. The molecule has 0 aliphatic heterocycles.